The Hall–Kier alpha value is -1.63. The third-order valence-corrected chi connectivity index (χ3v) is 4.08. The largest absolute Gasteiger partial charge is 0.399 e. The summed E-state index contributed by atoms with van der Waals surface area (Å²) in [4.78, 5) is 4.62. The minimum Gasteiger partial charge on any atom is -0.399 e. The zero-order chi connectivity index (χ0) is 14.3. The van der Waals surface area contributed by atoms with E-state index in [4.69, 9.17) is 5.73 Å². The number of nitrogens with zero attached hydrogens (tertiary/aromatic N) is 2. The minimum absolute atomic E-state index is 0.232. The van der Waals surface area contributed by atoms with E-state index < -0.39 is 0 Å². The highest BCUT2D eigenvalue weighted by Gasteiger charge is 2.13. The summed E-state index contributed by atoms with van der Waals surface area (Å²) in [5.74, 6) is 0.708. The number of aryl methyl sites for hydroxylation is 1. The van der Waals surface area contributed by atoms with E-state index >= 15 is 0 Å². The lowest BCUT2D eigenvalue weighted by Crippen LogP contribution is -2.02. The van der Waals surface area contributed by atoms with Gasteiger partial charge in [0.15, 0.2) is 0 Å². The smallest absolute Gasteiger partial charge is 0.124 e. The first kappa shape index (κ1) is 13.4. The fourth-order valence-electron chi connectivity index (χ4n) is 2.32. The lowest BCUT2D eigenvalue weighted by atomic mass is 10.2. The normalized spacial score (nSPS) is 11.2. The number of hydrogen-bond acceptors (Lipinski definition) is 2. The van der Waals surface area contributed by atoms with E-state index in [1.807, 2.05) is 18.2 Å². The van der Waals surface area contributed by atoms with Crippen LogP contribution in [0.1, 0.15) is 12.7 Å². The number of benzene rings is 2. The summed E-state index contributed by atoms with van der Waals surface area (Å²) in [5.41, 5.74) is 9.30. The number of nitrogens with two attached hydrogens (primary N) is 1. The van der Waals surface area contributed by atoms with Crippen LogP contribution >= 0.6 is 22.6 Å². The van der Waals surface area contributed by atoms with Crippen molar-refractivity contribution in [1.29, 1.82) is 0 Å². The second-order valence-corrected chi connectivity index (χ2v) is 5.72. The van der Waals surface area contributed by atoms with E-state index in [1.165, 1.54) is 12.1 Å². The highest BCUT2D eigenvalue weighted by Crippen LogP contribution is 2.27. The Morgan fingerprint density at radius 1 is 1.25 bits per heavy atom. The first-order valence-corrected chi connectivity index (χ1v) is 7.40. The fraction of sp³-hybridized carbons (Fsp3) is 0.133. The van der Waals surface area contributed by atoms with Crippen LogP contribution in [0.25, 0.3) is 16.7 Å². The van der Waals surface area contributed by atoms with Crippen molar-refractivity contribution in [2.75, 3.05) is 5.73 Å². The molecule has 0 bridgehead atoms. The third kappa shape index (κ3) is 2.15. The summed E-state index contributed by atoms with van der Waals surface area (Å²) in [7, 11) is 0. The second kappa shape index (κ2) is 5.05. The Balaban J connectivity index is 2.34. The van der Waals surface area contributed by atoms with Gasteiger partial charge in [0.2, 0.25) is 0 Å². The molecule has 0 aliphatic rings. The SMILES string of the molecule is CCc1nc2cc(N)ccc2n1-c1ccc(F)cc1I. The Morgan fingerprint density at radius 3 is 2.75 bits per heavy atom. The summed E-state index contributed by atoms with van der Waals surface area (Å²) >= 11 is 2.15. The maximum Gasteiger partial charge on any atom is 0.124 e. The minimum atomic E-state index is -0.232. The van der Waals surface area contributed by atoms with Crippen molar-refractivity contribution in [3.63, 3.8) is 0 Å². The van der Waals surface area contributed by atoms with E-state index in [2.05, 4.69) is 39.1 Å². The Labute approximate surface area is 129 Å². The first-order valence-electron chi connectivity index (χ1n) is 6.32. The van der Waals surface area contributed by atoms with Gasteiger partial charge in [-0.05, 0) is 59.0 Å². The summed E-state index contributed by atoms with van der Waals surface area (Å²) in [6, 6.07) is 10.5. The molecule has 20 heavy (non-hydrogen) atoms. The number of fused-ring (bicyclic) bond motifs is 1. The highest BCUT2D eigenvalue weighted by molar-refractivity contribution is 14.1. The van der Waals surface area contributed by atoms with Gasteiger partial charge in [-0.15, -0.1) is 0 Å². The molecule has 0 unspecified atom stereocenters. The Kier molecular flexibility index (Phi) is 3.37. The van der Waals surface area contributed by atoms with Crippen molar-refractivity contribution in [3.05, 3.63) is 51.6 Å². The lowest BCUT2D eigenvalue weighted by Gasteiger charge is -2.10. The molecule has 5 heteroatoms. The molecule has 0 aliphatic heterocycles. The molecule has 1 heterocycles. The third-order valence-electron chi connectivity index (χ3n) is 3.21. The van der Waals surface area contributed by atoms with Crippen LogP contribution in [0.4, 0.5) is 10.1 Å². The van der Waals surface area contributed by atoms with E-state index in [1.54, 1.807) is 6.07 Å². The lowest BCUT2D eigenvalue weighted by molar-refractivity contribution is 0.626. The molecule has 3 aromatic rings. The molecule has 3 nitrogen and oxygen atoms in total. The predicted octanol–water partition coefficient (Wildman–Crippen LogP) is 3.91. The van der Waals surface area contributed by atoms with Gasteiger partial charge in [0, 0.05) is 15.7 Å². The van der Waals surface area contributed by atoms with Crippen LogP contribution in [0.2, 0.25) is 0 Å². The molecule has 0 saturated heterocycles. The number of nitrogen functional groups attached to an aromatic ring is 1. The van der Waals surface area contributed by atoms with Gasteiger partial charge >= 0.3 is 0 Å². The summed E-state index contributed by atoms with van der Waals surface area (Å²) in [6.07, 6.45) is 0.794. The molecule has 0 atom stereocenters. The first-order chi connectivity index (χ1) is 9.60. The van der Waals surface area contributed by atoms with Crippen LogP contribution in [0.3, 0.4) is 0 Å². The maximum atomic E-state index is 13.3. The molecule has 2 N–H and O–H groups in total. The molecule has 0 radical (unpaired) electrons. The van der Waals surface area contributed by atoms with Crippen molar-refractivity contribution in [3.8, 4) is 5.69 Å². The van der Waals surface area contributed by atoms with Crippen LogP contribution in [0.15, 0.2) is 36.4 Å². The van der Waals surface area contributed by atoms with E-state index in [0.717, 1.165) is 32.5 Å². The van der Waals surface area contributed by atoms with Gasteiger partial charge in [0.05, 0.1) is 16.7 Å². The van der Waals surface area contributed by atoms with Crippen molar-refractivity contribution in [2.45, 2.75) is 13.3 Å². The van der Waals surface area contributed by atoms with Crippen LogP contribution in [-0.2, 0) is 6.42 Å². The molecule has 1 aromatic heterocycles. The average Bonchev–Trinajstić information content (AvgIpc) is 2.76. The molecular weight excluding hydrogens is 368 g/mol. The van der Waals surface area contributed by atoms with Gasteiger partial charge in [0.25, 0.3) is 0 Å². The molecule has 0 fully saturated rings. The number of rotatable bonds is 2. The van der Waals surface area contributed by atoms with Gasteiger partial charge in [0.1, 0.15) is 11.6 Å². The number of anilines is 1. The molecule has 102 valence electrons. The van der Waals surface area contributed by atoms with Gasteiger partial charge in [-0.25, -0.2) is 9.37 Å². The van der Waals surface area contributed by atoms with E-state index in [0.29, 0.717) is 5.69 Å². The van der Waals surface area contributed by atoms with Gasteiger partial charge in [-0.2, -0.15) is 0 Å². The second-order valence-electron chi connectivity index (χ2n) is 4.56. The van der Waals surface area contributed by atoms with Gasteiger partial charge in [-0.3, -0.25) is 4.57 Å². The molecular formula is C15H13FIN3. The van der Waals surface area contributed by atoms with E-state index in [9.17, 15) is 4.39 Å². The van der Waals surface area contributed by atoms with Gasteiger partial charge < -0.3 is 5.73 Å². The molecule has 3 rings (SSSR count). The van der Waals surface area contributed by atoms with Crippen molar-refractivity contribution >= 4 is 39.3 Å². The summed E-state index contributed by atoms with van der Waals surface area (Å²) in [5, 5.41) is 0. The zero-order valence-electron chi connectivity index (χ0n) is 10.9. The standard InChI is InChI=1S/C15H13FIN3/c1-2-15-19-12-8-10(18)4-6-14(12)20(15)13-5-3-9(16)7-11(13)17/h3-8H,2,18H2,1H3. The quantitative estimate of drug-likeness (QED) is 0.540. The number of imidazole rings is 1. The van der Waals surface area contributed by atoms with Crippen LogP contribution < -0.4 is 5.73 Å². The molecule has 0 saturated carbocycles. The molecule has 0 aliphatic carbocycles. The maximum absolute atomic E-state index is 13.3. The van der Waals surface area contributed by atoms with Crippen LogP contribution in [-0.4, -0.2) is 9.55 Å². The van der Waals surface area contributed by atoms with Crippen LogP contribution in [0.5, 0.6) is 0 Å². The highest BCUT2D eigenvalue weighted by atomic mass is 127. The Bertz CT molecular complexity index is 795. The Morgan fingerprint density at radius 2 is 2.05 bits per heavy atom. The summed E-state index contributed by atoms with van der Waals surface area (Å²) in [6.45, 7) is 2.05. The van der Waals surface area contributed by atoms with E-state index in [-0.39, 0.29) is 5.82 Å². The predicted molar refractivity (Wildman–Crippen MR) is 87.5 cm³/mol. The number of halogens is 2. The van der Waals surface area contributed by atoms with Crippen molar-refractivity contribution in [1.82, 2.24) is 9.55 Å². The molecule has 2 aromatic carbocycles. The monoisotopic (exact) mass is 381 g/mol. The van der Waals surface area contributed by atoms with Crippen molar-refractivity contribution < 1.29 is 4.39 Å². The molecule has 0 spiro atoms. The zero-order valence-corrected chi connectivity index (χ0v) is 13.1. The van der Waals surface area contributed by atoms with Crippen LogP contribution in [0, 0.1) is 9.39 Å². The summed E-state index contributed by atoms with van der Waals surface area (Å²) < 4.78 is 16.2. The number of hydrogen-bond donors (Lipinski definition) is 1. The number of aromatic nitrogens is 2. The fourth-order valence-corrected chi connectivity index (χ4v) is 3.03. The van der Waals surface area contributed by atoms with Crippen molar-refractivity contribution in [2.24, 2.45) is 0 Å². The molecule has 0 amide bonds. The average molecular weight is 381 g/mol. The van der Waals surface area contributed by atoms with Gasteiger partial charge in [-0.1, -0.05) is 6.92 Å². The topological polar surface area (TPSA) is 43.8 Å².